The van der Waals surface area contributed by atoms with Crippen LogP contribution in [0.5, 0.6) is 0 Å². The minimum absolute atomic E-state index is 0.0184. The number of carbonyl (C=O) groups is 5. The Morgan fingerprint density at radius 1 is 0.969 bits per heavy atom. The minimum atomic E-state index is -1.60. The van der Waals surface area contributed by atoms with Crippen molar-refractivity contribution in [3.63, 3.8) is 0 Å². The van der Waals surface area contributed by atoms with E-state index in [-0.39, 0.29) is 19.8 Å². The molecule has 0 aromatic heterocycles. The number of hydrogen-bond donors (Lipinski definition) is 3. The van der Waals surface area contributed by atoms with Crippen molar-refractivity contribution in [1.82, 2.24) is 5.32 Å². The molecule has 0 fully saturated rings. The lowest BCUT2D eigenvalue weighted by molar-refractivity contribution is -0.152. The molecule has 0 saturated carbocycles. The predicted octanol–water partition coefficient (Wildman–Crippen LogP) is 0.785. The molecule has 0 saturated heterocycles. The molecule has 0 aliphatic heterocycles. The normalized spacial score (nSPS) is 13.2. The van der Waals surface area contributed by atoms with Gasteiger partial charge in [0.25, 0.3) is 0 Å². The van der Waals surface area contributed by atoms with E-state index in [1.165, 1.54) is 6.92 Å². The summed E-state index contributed by atoms with van der Waals surface area (Å²) in [4.78, 5) is 60.5. The molecule has 0 radical (unpaired) electrons. The second-order valence-electron chi connectivity index (χ2n) is 6.65. The van der Waals surface area contributed by atoms with Crippen molar-refractivity contribution in [3.8, 4) is 0 Å². The van der Waals surface area contributed by atoms with E-state index >= 15 is 0 Å². The van der Waals surface area contributed by atoms with Gasteiger partial charge in [-0.3, -0.25) is 19.2 Å². The molecule has 4 N–H and O–H groups in total. The van der Waals surface area contributed by atoms with Crippen molar-refractivity contribution in [2.45, 2.75) is 45.4 Å². The number of carbonyl (C=O) groups excluding carboxylic acids is 4. The van der Waals surface area contributed by atoms with Crippen molar-refractivity contribution in [1.29, 1.82) is 0 Å². The lowest BCUT2D eigenvalue weighted by Crippen LogP contribution is -2.52. The summed E-state index contributed by atoms with van der Waals surface area (Å²) < 4.78 is 14.7. The summed E-state index contributed by atoms with van der Waals surface area (Å²) in [7, 11) is 0. The Balaban J connectivity index is 2.99. The maximum atomic E-state index is 13.0. The first-order valence-electron chi connectivity index (χ1n) is 10.00. The highest BCUT2D eigenvalue weighted by molar-refractivity contribution is 5.97. The fourth-order valence-corrected chi connectivity index (χ4v) is 2.77. The molecule has 1 amide bonds. The van der Waals surface area contributed by atoms with Crippen molar-refractivity contribution in [2.75, 3.05) is 13.2 Å². The van der Waals surface area contributed by atoms with Crippen molar-refractivity contribution in [2.24, 2.45) is 11.7 Å². The van der Waals surface area contributed by atoms with Crippen molar-refractivity contribution < 1.29 is 43.3 Å². The lowest BCUT2D eigenvalue weighted by Gasteiger charge is -2.25. The molecule has 0 aliphatic carbocycles. The number of aliphatic carboxylic acids is 1. The molecule has 11 heteroatoms. The van der Waals surface area contributed by atoms with Gasteiger partial charge in [0, 0.05) is 0 Å². The summed E-state index contributed by atoms with van der Waals surface area (Å²) in [6.07, 6.45) is -2.45. The Hall–Kier alpha value is -3.47. The highest BCUT2D eigenvalue weighted by Gasteiger charge is 2.39. The van der Waals surface area contributed by atoms with Crippen LogP contribution in [-0.2, 0) is 40.0 Å². The summed E-state index contributed by atoms with van der Waals surface area (Å²) >= 11 is 0. The van der Waals surface area contributed by atoms with Crippen LogP contribution >= 0.6 is 0 Å². The molecule has 1 aromatic carbocycles. The quantitative estimate of drug-likeness (QED) is 0.287. The van der Waals surface area contributed by atoms with Gasteiger partial charge in [0.2, 0.25) is 0 Å². The van der Waals surface area contributed by atoms with E-state index in [0.29, 0.717) is 5.56 Å². The number of nitrogens with two attached hydrogens (primary N) is 1. The van der Waals surface area contributed by atoms with Crippen LogP contribution in [0.2, 0.25) is 0 Å². The summed E-state index contributed by atoms with van der Waals surface area (Å²) in [5, 5.41) is 11.4. The van der Waals surface area contributed by atoms with Gasteiger partial charge in [0.1, 0.15) is 18.7 Å². The molecule has 1 rings (SSSR count). The SMILES string of the molecule is CCOC(=O)CC(C(=O)[C@H](CC(=O)O)NC(=O)OCc1ccccc1)[C@H](N)C(=O)OCC. The second kappa shape index (κ2) is 13.8. The number of rotatable bonds is 13. The first kappa shape index (κ1) is 26.6. The Kier molecular flexibility index (Phi) is 11.4. The molecule has 11 nitrogen and oxygen atoms in total. The van der Waals surface area contributed by atoms with Gasteiger partial charge >= 0.3 is 24.0 Å². The smallest absolute Gasteiger partial charge is 0.408 e. The number of benzene rings is 1. The second-order valence-corrected chi connectivity index (χ2v) is 6.65. The van der Waals surface area contributed by atoms with Gasteiger partial charge in [-0.25, -0.2) is 4.79 Å². The van der Waals surface area contributed by atoms with Crippen molar-refractivity contribution in [3.05, 3.63) is 35.9 Å². The fraction of sp³-hybridized carbons (Fsp3) is 0.476. The van der Waals surface area contributed by atoms with E-state index in [0.717, 1.165) is 0 Å². The predicted molar refractivity (Wildman–Crippen MR) is 110 cm³/mol. The molecule has 0 aliphatic rings. The number of ketones is 1. The number of nitrogens with one attached hydrogen (secondary N) is 1. The molecule has 0 spiro atoms. The number of hydrogen-bond acceptors (Lipinski definition) is 9. The standard InChI is InChI=1S/C21H28N2O9/c1-3-30-17(26)10-14(18(22)20(28)31-4-2)19(27)15(11-16(24)25)23-21(29)32-12-13-8-6-5-7-9-13/h5-9,14-15,18H,3-4,10-12,22H2,1-2H3,(H,23,29)(H,24,25)/t14?,15-,18-/m0/s1. The van der Waals surface area contributed by atoms with Gasteiger partial charge in [-0.2, -0.15) is 0 Å². The molecule has 32 heavy (non-hydrogen) atoms. The van der Waals surface area contributed by atoms with Gasteiger partial charge in [0.15, 0.2) is 5.78 Å². The number of amides is 1. The van der Waals surface area contributed by atoms with Gasteiger partial charge in [-0.05, 0) is 19.4 Å². The fourth-order valence-electron chi connectivity index (χ4n) is 2.77. The molecule has 1 aromatic rings. The van der Waals surface area contributed by atoms with Gasteiger partial charge < -0.3 is 30.4 Å². The molecule has 3 atom stereocenters. The highest BCUT2D eigenvalue weighted by Crippen LogP contribution is 2.16. The average molecular weight is 452 g/mol. The van der Waals surface area contributed by atoms with E-state index < -0.39 is 60.6 Å². The van der Waals surface area contributed by atoms with Crippen LogP contribution in [0.15, 0.2) is 30.3 Å². The summed E-state index contributed by atoms with van der Waals surface area (Å²) in [6, 6.07) is 5.51. The highest BCUT2D eigenvalue weighted by atomic mass is 16.5. The molecule has 0 bridgehead atoms. The zero-order valence-electron chi connectivity index (χ0n) is 17.9. The Morgan fingerprint density at radius 2 is 1.59 bits per heavy atom. The van der Waals surface area contributed by atoms with Crippen LogP contribution in [0.4, 0.5) is 4.79 Å². The first-order valence-corrected chi connectivity index (χ1v) is 10.00. The van der Waals surface area contributed by atoms with E-state index in [2.05, 4.69) is 5.32 Å². The van der Waals surface area contributed by atoms with Crippen LogP contribution < -0.4 is 11.1 Å². The van der Waals surface area contributed by atoms with Crippen LogP contribution in [-0.4, -0.2) is 60.2 Å². The van der Waals surface area contributed by atoms with E-state index in [1.807, 2.05) is 0 Å². The van der Waals surface area contributed by atoms with Crippen LogP contribution in [0, 0.1) is 5.92 Å². The topological polar surface area (TPSA) is 171 Å². The van der Waals surface area contributed by atoms with Gasteiger partial charge in [0.05, 0.1) is 32.0 Å². The third-order valence-corrected chi connectivity index (χ3v) is 4.28. The first-order chi connectivity index (χ1) is 15.2. The zero-order chi connectivity index (χ0) is 24.1. The number of esters is 2. The maximum absolute atomic E-state index is 13.0. The number of carboxylic acids is 1. The van der Waals surface area contributed by atoms with E-state index in [1.54, 1.807) is 37.3 Å². The Labute approximate surface area is 185 Å². The number of ether oxygens (including phenoxy) is 3. The summed E-state index contributed by atoms with van der Waals surface area (Å²) in [5.41, 5.74) is 6.51. The number of carboxylic acid groups (broad SMARTS) is 1. The zero-order valence-corrected chi connectivity index (χ0v) is 17.9. The number of Topliss-reactive ketones (excluding diaryl/α,β-unsaturated/α-hetero) is 1. The van der Waals surface area contributed by atoms with Gasteiger partial charge in [-0.15, -0.1) is 0 Å². The summed E-state index contributed by atoms with van der Waals surface area (Å²) in [6.45, 7) is 2.98. The molecular weight excluding hydrogens is 424 g/mol. The molecular formula is C21H28N2O9. The minimum Gasteiger partial charge on any atom is -0.481 e. The van der Waals surface area contributed by atoms with Gasteiger partial charge in [-0.1, -0.05) is 30.3 Å². The third-order valence-electron chi connectivity index (χ3n) is 4.28. The van der Waals surface area contributed by atoms with E-state index in [4.69, 9.17) is 19.9 Å². The average Bonchev–Trinajstić information content (AvgIpc) is 2.75. The van der Waals surface area contributed by atoms with Crippen LogP contribution in [0.3, 0.4) is 0 Å². The molecule has 176 valence electrons. The molecule has 1 unspecified atom stereocenters. The van der Waals surface area contributed by atoms with Crippen LogP contribution in [0.25, 0.3) is 0 Å². The summed E-state index contributed by atoms with van der Waals surface area (Å²) in [5.74, 6) is -5.57. The van der Waals surface area contributed by atoms with E-state index in [9.17, 15) is 29.1 Å². The van der Waals surface area contributed by atoms with Crippen molar-refractivity contribution >= 4 is 29.8 Å². The molecule has 0 heterocycles. The monoisotopic (exact) mass is 452 g/mol. The lowest BCUT2D eigenvalue weighted by atomic mass is 9.87. The maximum Gasteiger partial charge on any atom is 0.408 e. The Morgan fingerprint density at radius 3 is 2.16 bits per heavy atom. The largest absolute Gasteiger partial charge is 0.481 e. The van der Waals surface area contributed by atoms with Crippen LogP contribution in [0.1, 0.15) is 32.3 Å². The number of alkyl carbamates (subject to hydrolysis) is 1. The third kappa shape index (κ3) is 9.13. The Bertz CT molecular complexity index is 798.